The molecule has 0 saturated carbocycles. The van der Waals surface area contributed by atoms with Gasteiger partial charge in [-0.15, -0.1) is 0 Å². The second kappa shape index (κ2) is 7.51. The Balaban J connectivity index is 1.70. The lowest BCUT2D eigenvalue weighted by Gasteiger charge is -2.34. The summed E-state index contributed by atoms with van der Waals surface area (Å²) in [5.41, 5.74) is 0.532. The number of hydrogen-bond donors (Lipinski definition) is 0. The Kier molecular flexibility index (Phi) is 5.15. The molecule has 0 aliphatic carbocycles. The topological polar surface area (TPSA) is 67.8 Å². The van der Waals surface area contributed by atoms with Crippen molar-refractivity contribution >= 4 is 11.9 Å². The second-order valence-electron chi connectivity index (χ2n) is 5.74. The van der Waals surface area contributed by atoms with Crippen LogP contribution >= 0.6 is 0 Å². The van der Waals surface area contributed by atoms with Crippen LogP contribution in [0, 0.1) is 11.6 Å². The minimum absolute atomic E-state index is 0.0694. The Hall–Kier alpha value is -2.97. The van der Waals surface area contributed by atoms with Crippen LogP contribution < -0.4 is 14.4 Å². The molecule has 9 heteroatoms. The predicted octanol–water partition coefficient (Wildman–Crippen LogP) is 1.62. The zero-order valence-electron chi connectivity index (χ0n) is 14.4. The maximum Gasteiger partial charge on any atom is 0.242 e. The number of anilines is 1. The van der Waals surface area contributed by atoms with E-state index in [0.717, 1.165) is 12.1 Å². The molecule has 0 atom stereocenters. The number of aromatic nitrogens is 2. The smallest absolute Gasteiger partial charge is 0.242 e. The number of nitrogens with zero attached hydrogens (tertiary/aromatic N) is 4. The molecule has 0 N–H and O–H groups in total. The van der Waals surface area contributed by atoms with Gasteiger partial charge in [-0.1, -0.05) is 6.07 Å². The highest BCUT2D eigenvalue weighted by Gasteiger charge is 2.26. The molecule has 26 heavy (non-hydrogen) atoms. The maximum absolute atomic E-state index is 13.3. The number of carbonyl (C=O) groups excluding carboxylic acids is 1. The van der Waals surface area contributed by atoms with Gasteiger partial charge in [0.2, 0.25) is 23.6 Å². The monoisotopic (exact) mass is 364 g/mol. The molecule has 0 radical (unpaired) electrons. The summed E-state index contributed by atoms with van der Waals surface area (Å²) in [4.78, 5) is 24.2. The van der Waals surface area contributed by atoms with E-state index in [-0.39, 0.29) is 19.0 Å². The quantitative estimate of drug-likeness (QED) is 0.803. The summed E-state index contributed by atoms with van der Waals surface area (Å²) >= 11 is 0. The van der Waals surface area contributed by atoms with Crippen LogP contribution in [-0.4, -0.2) is 54.6 Å². The van der Waals surface area contributed by atoms with Crippen LogP contribution in [0.25, 0.3) is 0 Å². The highest BCUT2D eigenvalue weighted by atomic mass is 19.2. The van der Waals surface area contributed by atoms with E-state index < -0.39 is 11.6 Å². The molecule has 0 bridgehead atoms. The number of ether oxygens (including phenoxy) is 2. The van der Waals surface area contributed by atoms with Gasteiger partial charge in [0.25, 0.3) is 0 Å². The van der Waals surface area contributed by atoms with Crippen molar-refractivity contribution in [2.75, 3.05) is 38.8 Å². The molecule has 1 fully saturated rings. The van der Waals surface area contributed by atoms with Gasteiger partial charge in [-0.05, 0) is 17.7 Å². The Bertz CT molecular complexity index is 796. The summed E-state index contributed by atoms with van der Waals surface area (Å²) in [7, 11) is 2.97. The van der Waals surface area contributed by atoms with E-state index in [1.165, 1.54) is 20.3 Å². The third kappa shape index (κ3) is 3.81. The molecule has 0 spiro atoms. The van der Waals surface area contributed by atoms with Crippen LogP contribution in [0.2, 0.25) is 0 Å². The van der Waals surface area contributed by atoms with Gasteiger partial charge in [-0.3, -0.25) is 4.79 Å². The van der Waals surface area contributed by atoms with Crippen molar-refractivity contribution in [3.8, 4) is 11.8 Å². The van der Waals surface area contributed by atoms with Gasteiger partial charge in [0.1, 0.15) is 6.54 Å². The zero-order valence-corrected chi connectivity index (χ0v) is 14.4. The molecule has 1 aliphatic rings. The summed E-state index contributed by atoms with van der Waals surface area (Å²) in [5, 5.41) is 0. The van der Waals surface area contributed by atoms with Crippen LogP contribution in [0.1, 0.15) is 5.56 Å². The normalized spacial score (nSPS) is 14.5. The average Bonchev–Trinajstić information content (AvgIpc) is 2.65. The number of hydrogen-bond acceptors (Lipinski definition) is 6. The molecule has 138 valence electrons. The van der Waals surface area contributed by atoms with Crippen molar-refractivity contribution in [1.29, 1.82) is 0 Å². The summed E-state index contributed by atoms with van der Waals surface area (Å²) < 4.78 is 36.6. The third-order valence-electron chi connectivity index (χ3n) is 4.04. The summed E-state index contributed by atoms with van der Waals surface area (Å²) in [6.07, 6.45) is 0. The number of amides is 1. The average molecular weight is 364 g/mol. The molecule has 1 saturated heterocycles. The van der Waals surface area contributed by atoms with E-state index in [2.05, 4.69) is 9.97 Å². The molecule has 2 aromatic rings. The highest BCUT2D eigenvalue weighted by molar-refractivity contribution is 5.82. The maximum atomic E-state index is 13.3. The van der Waals surface area contributed by atoms with Crippen molar-refractivity contribution in [3.05, 3.63) is 41.5 Å². The molecule has 1 aromatic heterocycles. The molecule has 3 rings (SSSR count). The first-order valence-electron chi connectivity index (χ1n) is 7.94. The predicted molar refractivity (Wildman–Crippen MR) is 89.1 cm³/mol. The van der Waals surface area contributed by atoms with Crippen LogP contribution in [0.5, 0.6) is 11.8 Å². The Morgan fingerprint density at radius 2 is 1.73 bits per heavy atom. The van der Waals surface area contributed by atoms with Gasteiger partial charge in [-0.2, -0.15) is 9.97 Å². The first-order chi connectivity index (χ1) is 12.5. The van der Waals surface area contributed by atoms with Crippen LogP contribution in [0.4, 0.5) is 14.7 Å². The fourth-order valence-corrected chi connectivity index (χ4v) is 2.65. The molecule has 2 heterocycles. The number of piperazine rings is 1. The van der Waals surface area contributed by atoms with E-state index in [4.69, 9.17) is 9.47 Å². The minimum atomic E-state index is -0.925. The van der Waals surface area contributed by atoms with Gasteiger partial charge < -0.3 is 19.3 Å². The first kappa shape index (κ1) is 17.8. The molecule has 1 aromatic carbocycles. The fraction of sp³-hybridized carbons (Fsp3) is 0.353. The van der Waals surface area contributed by atoms with E-state index in [0.29, 0.717) is 36.4 Å². The molecule has 7 nitrogen and oxygen atoms in total. The van der Waals surface area contributed by atoms with Crippen molar-refractivity contribution < 1.29 is 23.0 Å². The Morgan fingerprint density at radius 3 is 2.31 bits per heavy atom. The molecular weight excluding hydrogens is 346 g/mol. The lowest BCUT2D eigenvalue weighted by Crippen LogP contribution is -2.50. The highest BCUT2D eigenvalue weighted by Crippen LogP contribution is 2.22. The third-order valence-corrected chi connectivity index (χ3v) is 4.04. The van der Waals surface area contributed by atoms with E-state index in [1.54, 1.807) is 15.9 Å². The number of halogens is 2. The van der Waals surface area contributed by atoms with Crippen molar-refractivity contribution in [3.63, 3.8) is 0 Å². The van der Waals surface area contributed by atoms with Gasteiger partial charge in [-0.25, -0.2) is 8.78 Å². The largest absolute Gasteiger partial charge is 0.481 e. The second-order valence-corrected chi connectivity index (χ2v) is 5.74. The Labute approximate surface area is 149 Å². The number of methoxy groups -OCH3 is 2. The lowest BCUT2D eigenvalue weighted by molar-refractivity contribution is -0.131. The van der Waals surface area contributed by atoms with Gasteiger partial charge in [0, 0.05) is 19.6 Å². The summed E-state index contributed by atoms with van der Waals surface area (Å²) in [5.74, 6) is -0.986. The minimum Gasteiger partial charge on any atom is -0.481 e. The van der Waals surface area contributed by atoms with E-state index >= 15 is 0 Å². The van der Waals surface area contributed by atoms with Crippen LogP contribution in [0.3, 0.4) is 0 Å². The van der Waals surface area contributed by atoms with Crippen LogP contribution in [0.15, 0.2) is 24.3 Å². The summed E-state index contributed by atoms with van der Waals surface area (Å²) in [6.45, 7) is 1.18. The lowest BCUT2D eigenvalue weighted by atomic mass is 10.2. The summed E-state index contributed by atoms with van der Waals surface area (Å²) in [6, 6.07) is 5.17. The number of benzene rings is 1. The van der Waals surface area contributed by atoms with Crippen molar-refractivity contribution in [1.82, 2.24) is 14.9 Å². The SMILES string of the molecule is COc1cc(OC)nc(N2CCN(Cc3ccc(F)c(F)c3)C(=O)C2)n1. The first-order valence-corrected chi connectivity index (χ1v) is 7.94. The Morgan fingerprint density at radius 1 is 1.04 bits per heavy atom. The van der Waals surface area contributed by atoms with Gasteiger partial charge >= 0.3 is 0 Å². The molecule has 0 unspecified atom stereocenters. The van der Waals surface area contributed by atoms with Gasteiger partial charge in [0.05, 0.1) is 20.3 Å². The number of rotatable bonds is 5. The van der Waals surface area contributed by atoms with Gasteiger partial charge in [0.15, 0.2) is 11.6 Å². The van der Waals surface area contributed by atoms with Crippen molar-refractivity contribution in [2.45, 2.75) is 6.54 Å². The molecule has 1 amide bonds. The van der Waals surface area contributed by atoms with E-state index in [1.807, 2.05) is 0 Å². The number of carbonyl (C=O) groups is 1. The fourth-order valence-electron chi connectivity index (χ4n) is 2.65. The van der Waals surface area contributed by atoms with Crippen LogP contribution in [-0.2, 0) is 11.3 Å². The van der Waals surface area contributed by atoms with E-state index in [9.17, 15) is 13.6 Å². The molecule has 1 aliphatic heterocycles. The van der Waals surface area contributed by atoms with Crippen molar-refractivity contribution in [2.24, 2.45) is 0 Å². The zero-order chi connectivity index (χ0) is 18.7. The standard InChI is InChI=1S/C17H18F2N4O3/c1-25-14-8-15(26-2)21-17(20-14)23-6-5-22(16(24)10-23)9-11-3-4-12(18)13(19)7-11/h3-4,7-8H,5-6,9-10H2,1-2H3. The molecular formula is C17H18F2N4O3.